The fourth-order valence-corrected chi connectivity index (χ4v) is 2.44. The van der Waals surface area contributed by atoms with Crippen molar-refractivity contribution < 1.29 is 0 Å². The van der Waals surface area contributed by atoms with E-state index in [1.54, 1.807) is 0 Å². The van der Waals surface area contributed by atoms with Gasteiger partial charge in [-0.05, 0) is 30.9 Å². The molecule has 0 saturated heterocycles. The first kappa shape index (κ1) is 10.0. The molecule has 0 radical (unpaired) electrons. The molecular weight excluding hydrogens is 184 g/mol. The van der Waals surface area contributed by atoms with E-state index in [9.17, 15) is 5.26 Å². The Hall–Kier alpha value is -1.49. The average Bonchev–Trinajstić information content (AvgIpc) is 2.27. The summed E-state index contributed by atoms with van der Waals surface area (Å²) in [5.41, 5.74) is 2.61. The summed E-state index contributed by atoms with van der Waals surface area (Å²) in [5.74, 6) is 0.421. The molecule has 1 aliphatic heterocycles. The molecule has 1 heterocycles. The first-order chi connectivity index (χ1) is 7.27. The lowest BCUT2D eigenvalue weighted by Crippen LogP contribution is -2.43. The molecule has 1 aliphatic rings. The molecule has 0 saturated carbocycles. The van der Waals surface area contributed by atoms with Gasteiger partial charge < -0.3 is 4.90 Å². The van der Waals surface area contributed by atoms with Crippen LogP contribution in [0.5, 0.6) is 0 Å². The van der Waals surface area contributed by atoms with E-state index >= 15 is 0 Å². The Morgan fingerprint density at radius 1 is 1.47 bits per heavy atom. The lowest BCUT2D eigenvalue weighted by molar-refractivity contribution is 0.470. The zero-order valence-electron chi connectivity index (χ0n) is 9.27. The average molecular weight is 200 g/mol. The van der Waals surface area contributed by atoms with Crippen molar-refractivity contribution in [3.05, 3.63) is 29.8 Å². The predicted octanol–water partition coefficient (Wildman–Crippen LogP) is 2.60. The molecule has 2 rings (SSSR count). The summed E-state index contributed by atoms with van der Waals surface area (Å²) >= 11 is 0. The summed E-state index contributed by atoms with van der Waals surface area (Å²) in [6.07, 6.45) is 1.02. The smallest absolute Gasteiger partial charge is 0.119 e. The molecule has 15 heavy (non-hydrogen) atoms. The van der Waals surface area contributed by atoms with E-state index in [1.165, 1.54) is 11.3 Å². The molecule has 0 spiro atoms. The topological polar surface area (TPSA) is 27.0 Å². The predicted molar refractivity (Wildman–Crippen MR) is 61.7 cm³/mol. The van der Waals surface area contributed by atoms with Gasteiger partial charge in [-0.2, -0.15) is 5.26 Å². The molecule has 0 amide bonds. The van der Waals surface area contributed by atoms with Crippen LogP contribution in [-0.4, -0.2) is 12.6 Å². The van der Waals surface area contributed by atoms with Gasteiger partial charge in [-0.15, -0.1) is 0 Å². The van der Waals surface area contributed by atoms with Gasteiger partial charge in [-0.1, -0.05) is 25.1 Å². The maximum atomic E-state index is 9.20. The van der Waals surface area contributed by atoms with E-state index in [4.69, 9.17) is 0 Å². The van der Waals surface area contributed by atoms with Gasteiger partial charge in [0.1, 0.15) is 6.04 Å². The Balaban J connectivity index is 2.45. The Labute approximate surface area is 91.1 Å². The normalized spacial score (nSPS) is 24.5. The van der Waals surface area contributed by atoms with Crippen molar-refractivity contribution in [3.8, 4) is 6.07 Å². The monoisotopic (exact) mass is 200 g/mol. The second-order valence-electron chi connectivity index (χ2n) is 4.17. The van der Waals surface area contributed by atoms with Crippen molar-refractivity contribution in [1.82, 2.24) is 0 Å². The van der Waals surface area contributed by atoms with Gasteiger partial charge >= 0.3 is 0 Å². The number of benzene rings is 1. The second-order valence-corrected chi connectivity index (χ2v) is 4.17. The summed E-state index contributed by atoms with van der Waals surface area (Å²) < 4.78 is 0. The number of fused-ring (bicyclic) bond motifs is 1. The van der Waals surface area contributed by atoms with E-state index in [2.05, 4.69) is 43.0 Å². The molecule has 0 unspecified atom stereocenters. The molecule has 2 heteroatoms. The minimum Gasteiger partial charge on any atom is -0.356 e. The first-order valence-electron chi connectivity index (χ1n) is 5.52. The highest BCUT2D eigenvalue weighted by molar-refractivity contribution is 5.58. The van der Waals surface area contributed by atoms with Crippen LogP contribution < -0.4 is 4.90 Å². The minimum atomic E-state index is 0.0323. The lowest BCUT2D eigenvalue weighted by atomic mass is 9.87. The molecule has 0 aliphatic carbocycles. The van der Waals surface area contributed by atoms with Crippen LogP contribution in [0.25, 0.3) is 0 Å². The van der Waals surface area contributed by atoms with Gasteiger partial charge in [-0.25, -0.2) is 0 Å². The quantitative estimate of drug-likeness (QED) is 0.696. The van der Waals surface area contributed by atoms with E-state index < -0.39 is 0 Å². The Morgan fingerprint density at radius 3 is 2.87 bits per heavy atom. The highest BCUT2D eigenvalue weighted by atomic mass is 15.2. The van der Waals surface area contributed by atoms with Crippen molar-refractivity contribution in [2.24, 2.45) is 5.92 Å². The fraction of sp³-hybridized carbons (Fsp3) is 0.462. The van der Waals surface area contributed by atoms with E-state index in [1.807, 2.05) is 6.07 Å². The van der Waals surface area contributed by atoms with Crippen LogP contribution in [0.1, 0.15) is 19.4 Å². The van der Waals surface area contributed by atoms with Crippen molar-refractivity contribution in [1.29, 1.82) is 5.26 Å². The number of para-hydroxylation sites is 1. The molecule has 0 N–H and O–H groups in total. The fourth-order valence-electron chi connectivity index (χ4n) is 2.44. The number of hydrogen-bond donors (Lipinski definition) is 0. The molecule has 0 fully saturated rings. The largest absolute Gasteiger partial charge is 0.356 e. The van der Waals surface area contributed by atoms with Gasteiger partial charge in [0.25, 0.3) is 0 Å². The third-order valence-electron chi connectivity index (χ3n) is 3.19. The zero-order chi connectivity index (χ0) is 10.8. The maximum Gasteiger partial charge on any atom is 0.119 e. The summed E-state index contributed by atoms with van der Waals surface area (Å²) in [4.78, 5) is 2.21. The van der Waals surface area contributed by atoms with Crippen molar-refractivity contribution in [2.45, 2.75) is 26.3 Å². The summed E-state index contributed by atoms with van der Waals surface area (Å²) in [6.45, 7) is 5.17. The molecule has 2 atom stereocenters. The zero-order valence-corrected chi connectivity index (χ0v) is 9.27. The minimum absolute atomic E-state index is 0.0323. The molecular formula is C13H16N2. The van der Waals surface area contributed by atoms with Crippen LogP contribution in [0.2, 0.25) is 0 Å². The van der Waals surface area contributed by atoms with E-state index in [0.29, 0.717) is 5.92 Å². The molecule has 2 nitrogen and oxygen atoms in total. The molecule has 1 aromatic carbocycles. The highest BCUT2D eigenvalue weighted by Gasteiger charge is 2.30. The third kappa shape index (κ3) is 1.59. The number of hydrogen-bond acceptors (Lipinski definition) is 2. The Kier molecular flexibility index (Phi) is 2.64. The van der Waals surface area contributed by atoms with Crippen LogP contribution in [0.3, 0.4) is 0 Å². The number of rotatable bonds is 1. The SMILES string of the molecule is CCN1c2ccccc2C[C@@H](C)[C@@H]1C#N. The van der Waals surface area contributed by atoms with Gasteiger partial charge in [0.15, 0.2) is 0 Å². The molecule has 0 bridgehead atoms. The lowest BCUT2D eigenvalue weighted by Gasteiger charge is -2.38. The van der Waals surface area contributed by atoms with Gasteiger partial charge in [0.05, 0.1) is 6.07 Å². The van der Waals surface area contributed by atoms with Crippen molar-refractivity contribution >= 4 is 5.69 Å². The van der Waals surface area contributed by atoms with Crippen LogP contribution in [0.15, 0.2) is 24.3 Å². The molecule has 0 aromatic heterocycles. The van der Waals surface area contributed by atoms with E-state index in [0.717, 1.165) is 13.0 Å². The standard InChI is InChI=1S/C13H16N2/c1-3-15-12-7-5-4-6-11(12)8-10(2)13(15)9-14/h4-7,10,13H,3,8H2,1-2H3/t10-,13+/m1/s1. The van der Waals surface area contributed by atoms with Crippen LogP contribution in [0.4, 0.5) is 5.69 Å². The Morgan fingerprint density at radius 2 is 2.20 bits per heavy atom. The summed E-state index contributed by atoms with van der Waals surface area (Å²) in [7, 11) is 0. The van der Waals surface area contributed by atoms with Crippen LogP contribution >= 0.6 is 0 Å². The summed E-state index contributed by atoms with van der Waals surface area (Å²) in [6, 6.07) is 10.9. The Bertz CT molecular complexity index is 392. The number of nitriles is 1. The number of nitrogens with zero attached hydrogens (tertiary/aromatic N) is 2. The van der Waals surface area contributed by atoms with Gasteiger partial charge in [0, 0.05) is 12.2 Å². The van der Waals surface area contributed by atoms with E-state index in [-0.39, 0.29) is 6.04 Å². The van der Waals surface area contributed by atoms with Crippen LogP contribution in [0, 0.1) is 17.2 Å². The van der Waals surface area contributed by atoms with Crippen LogP contribution in [-0.2, 0) is 6.42 Å². The van der Waals surface area contributed by atoms with Gasteiger partial charge in [0.2, 0.25) is 0 Å². The first-order valence-corrected chi connectivity index (χ1v) is 5.52. The van der Waals surface area contributed by atoms with Gasteiger partial charge in [-0.3, -0.25) is 0 Å². The third-order valence-corrected chi connectivity index (χ3v) is 3.19. The number of anilines is 1. The summed E-state index contributed by atoms with van der Waals surface area (Å²) in [5, 5.41) is 9.20. The van der Waals surface area contributed by atoms with Crippen molar-refractivity contribution in [3.63, 3.8) is 0 Å². The second kappa shape index (κ2) is 3.94. The maximum absolute atomic E-state index is 9.20. The molecule has 1 aromatic rings. The highest BCUT2D eigenvalue weighted by Crippen LogP contribution is 2.32. The van der Waals surface area contributed by atoms with Crippen molar-refractivity contribution in [2.75, 3.05) is 11.4 Å². The molecule has 78 valence electrons.